The number of benzene rings is 2. The van der Waals surface area contributed by atoms with E-state index in [9.17, 15) is 4.79 Å². The summed E-state index contributed by atoms with van der Waals surface area (Å²) in [5.74, 6) is -1.06. The minimum Gasteiger partial charge on any atom is -0.508 e. The summed E-state index contributed by atoms with van der Waals surface area (Å²) in [6.07, 6.45) is 0. The lowest BCUT2D eigenvalue weighted by Crippen LogP contribution is -2.01. The van der Waals surface area contributed by atoms with Gasteiger partial charge in [-0.05, 0) is 36.4 Å². The van der Waals surface area contributed by atoms with E-state index in [0.29, 0.717) is 0 Å². The van der Waals surface area contributed by atoms with Crippen LogP contribution >= 0.6 is 0 Å². The molecule has 5 heteroatoms. The monoisotopic (exact) mass is 250 g/mol. The van der Waals surface area contributed by atoms with Gasteiger partial charge in [0.05, 0.1) is 5.56 Å². The second kappa shape index (κ2) is 4.29. The van der Waals surface area contributed by atoms with Gasteiger partial charge in [-0.25, -0.2) is 0 Å². The van der Waals surface area contributed by atoms with E-state index >= 15 is 0 Å². The fourth-order valence-corrected chi connectivity index (χ4v) is 1.49. The van der Waals surface area contributed by atoms with Crippen molar-refractivity contribution in [3.8, 4) is 23.0 Å². The van der Waals surface area contributed by atoms with Gasteiger partial charge in [-0.3, -0.25) is 4.79 Å². The van der Waals surface area contributed by atoms with Crippen molar-refractivity contribution in [3.63, 3.8) is 0 Å². The Bertz CT molecular complexity index is 675. The van der Waals surface area contributed by atoms with Crippen molar-refractivity contribution in [1.82, 2.24) is 0 Å². The van der Waals surface area contributed by atoms with Crippen LogP contribution in [-0.2, 0) is 0 Å². The summed E-state index contributed by atoms with van der Waals surface area (Å²) >= 11 is 0. The average molecular weight is 250 g/mol. The number of phenols is 4. The average Bonchev–Trinajstić information content (AvgIpc) is 2.59. The molecule has 0 atom stereocenters. The number of phenolic OH excluding ortho intramolecular Hbond substituents is 4. The zero-order chi connectivity index (χ0) is 16.1. The molecule has 5 nitrogen and oxygen atoms in total. The molecule has 0 aromatic heterocycles. The predicted octanol–water partition coefficient (Wildman–Crippen LogP) is 1.74. The van der Waals surface area contributed by atoms with Gasteiger partial charge in [-0.1, -0.05) is 0 Å². The van der Waals surface area contributed by atoms with E-state index in [1.54, 1.807) is 0 Å². The number of carbonyl (C=O) groups is 1. The van der Waals surface area contributed by atoms with Gasteiger partial charge in [0.25, 0.3) is 5.72 Å². The third kappa shape index (κ3) is 1.93. The largest absolute Gasteiger partial charge is 0.508 e. The van der Waals surface area contributed by atoms with E-state index < -0.39 is 5.78 Å². The second-order valence-corrected chi connectivity index (χ2v) is 3.62. The van der Waals surface area contributed by atoms with Gasteiger partial charge in [0.15, 0.2) is 17.3 Å². The van der Waals surface area contributed by atoms with Crippen LogP contribution in [-0.4, -0.2) is 31.9 Å². The quantitative estimate of drug-likeness (QED) is 0.462. The molecule has 0 spiro atoms. The van der Waals surface area contributed by atoms with Crippen LogP contribution in [0.15, 0.2) is 36.4 Å². The number of carbonyl (C=O) groups excluding carboxylic acids is 1. The zero-order valence-electron chi connectivity index (χ0n) is 13.0. The van der Waals surface area contributed by atoms with E-state index in [0.717, 1.165) is 0 Å². The Labute approximate surface area is 108 Å². The van der Waals surface area contributed by atoms with Crippen molar-refractivity contribution < 1.29 is 25.2 Å². The van der Waals surface area contributed by atoms with Crippen LogP contribution in [0.1, 0.15) is 15.9 Å². The van der Waals surface area contributed by atoms with Crippen LogP contribution in [0.2, 0.25) is 0 Å². The molecule has 0 amide bonds. The maximum atomic E-state index is 12.4. The summed E-state index contributed by atoms with van der Waals surface area (Å²) in [7, 11) is 0. The van der Waals surface area contributed by atoms with Crippen LogP contribution in [0.3, 0.4) is 0 Å². The van der Waals surface area contributed by atoms with Crippen molar-refractivity contribution in [2.75, 3.05) is 0 Å². The van der Waals surface area contributed by atoms with Gasteiger partial charge in [0.2, 0.25) is 5.75 Å². The van der Waals surface area contributed by atoms with Gasteiger partial charge in [-0.15, -0.1) is 0 Å². The fraction of sp³-hybridized carbons (Fsp3) is 0. The molecule has 4 N–H and O–H groups in total. The second-order valence-electron chi connectivity index (χ2n) is 3.62. The lowest BCUT2D eigenvalue weighted by molar-refractivity contribution is 0.103. The van der Waals surface area contributed by atoms with Gasteiger partial charge in [-0.2, -0.15) is 0 Å². The third-order valence-electron chi connectivity index (χ3n) is 2.44. The molecule has 0 aliphatic rings. The first-order valence-electron chi connectivity index (χ1n) is 6.64. The van der Waals surface area contributed by atoms with Crippen LogP contribution in [0.25, 0.3) is 0 Å². The molecule has 0 radical (unpaired) electrons. The number of ketones is 1. The normalized spacial score (nSPS) is 12.4. The van der Waals surface area contributed by atoms with Gasteiger partial charge < -0.3 is 20.4 Å². The molecule has 2 aromatic carbocycles. The molecule has 0 fully saturated rings. The predicted molar refractivity (Wildman–Crippen MR) is 63.0 cm³/mol. The molecule has 2 aromatic rings. The number of aromatic hydroxyl groups is 4. The molecular formula is C13H10O5. The first-order valence-corrected chi connectivity index (χ1v) is 5.00. The maximum Gasteiger partial charge on any atom is 0.293 e. The summed E-state index contributed by atoms with van der Waals surface area (Å²) < 4.78 is 27.6. The SMILES string of the molecule is [2H]Oc1ccc(C(=O)c2ccc(O[2H])c(O[2H])c2O[2H])cc1. The lowest BCUT2D eigenvalue weighted by Gasteiger charge is -2.06. The number of hydrogen-bond donors (Lipinski definition) is 4. The van der Waals surface area contributed by atoms with E-state index in [-0.39, 0.29) is 34.1 Å². The molecule has 0 aliphatic carbocycles. The Hall–Kier alpha value is -2.69. The van der Waals surface area contributed by atoms with Crippen LogP contribution in [0.5, 0.6) is 23.0 Å². The first-order chi connectivity index (χ1) is 10.7. The number of rotatable bonds is 6. The standard InChI is InChI=1S/C13H10O5/c14-8-3-1-7(2-4-8)11(16)9-5-6-10(15)13(18)12(9)17/h1-6,14-15,17-18H/i/hD4. The van der Waals surface area contributed by atoms with Gasteiger partial charge in [0.1, 0.15) is 5.75 Å². The fourth-order valence-electron chi connectivity index (χ4n) is 1.49. The Morgan fingerprint density at radius 1 is 0.889 bits per heavy atom. The molecule has 0 saturated carbocycles. The number of hydrogen-bond acceptors (Lipinski definition) is 5. The summed E-state index contributed by atoms with van der Waals surface area (Å²) in [5.41, 5.74) is 0.229. The molecule has 0 saturated heterocycles. The highest BCUT2D eigenvalue weighted by atomic mass is 16.3. The molecule has 0 aliphatic heterocycles. The Morgan fingerprint density at radius 3 is 2.28 bits per heavy atom. The summed E-state index contributed by atoms with van der Waals surface area (Å²) in [5, 5.41) is 17.2. The smallest absolute Gasteiger partial charge is 0.293 e. The first kappa shape index (κ1) is 7.60. The van der Waals surface area contributed by atoms with Gasteiger partial charge >= 0.3 is 0 Å². The van der Waals surface area contributed by atoms with Crippen molar-refractivity contribution in [3.05, 3.63) is 47.5 Å². The van der Waals surface area contributed by atoms with E-state index in [2.05, 4.69) is 20.4 Å². The van der Waals surface area contributed by atoms with Crippen LogP contribution < -0.4 is 0 Å². The van der Waals surface area contributed by atoms with Crippen molar-refractivity contribution in [1.29, 1.82) is 5.72 Å². The van der Waals surface area contributed by atoms with Crippen LogP contribution in [0.4, 0.5) is 0 Å². The molecule has 2 rings (SSSR count). The summed E-state index contributed by atoms with van der Waals surface area (Å²) in [4.78, 5) is 12.4. The minimum absolute atomic E-state index is 0.0300. The van der Waals surface area contributed by atoms with Crippen molar-refractivity contribution in [2.45, 2.75) is 0 Å². The Kier molecular flexibility index (Phi) is 1.81. The molecule has 0 heterocycles. The highest BCUT2D eigenvalue weighted by molar-refractivity contribution is 6.11. The highest BCUT2D eigenvalue weighted by Gasteiger charge is 2.18. The van der Waals surface area contributed by atoms with Crippen molar-refractivity contribution >= 4 is 5.78 Å². The maximum absolute atomic E-state index is 12.4. The molecule has 92 valence electrons. The molecule has 18 heavy (non-hydrogen) atoms. The summed E-state index contributed by atoms with van der Waals surface area (Å²) in [6, 6.07) is 8.31. The summed E-state index contributed by atoms with van der Waals surface area (Å²) in [6.45, 7) is 0. The van der Waals surface area contributed by atoms with Crippen molar-refractivity contribution in [2.24, 2.45) is 0 Å². The van der Waals surface area contributed by atoms with Gasteiger partial charge in [0, 0.05) is 5.56 Å². The van der Waals surface area contributed by atoms with E-state index in [1.165, 1.54) is 36.4 Å². The minimum atomic E-state index is -0.492. The molecule has 0 unspecified atom stereocenters. The molecule has 0 bridgehead atoms. The van der Waals surface area contributed by atoms with Crippen LogP contribution in [0, 0.1) is 0 Å². The lowest BCUT2D eigenvalue weighted by atomic mass is 10.0. The topological polar surface area (TPSA) is 98.0 Å². The Balaban J connectivity index is 2.48. The van der Waals surface area contributed by atoms with E-state index in [1.807, 2.05) is 0 Å². The van der Waals surface area contributed by atoms with E-state index in [4.69, 9.17) is 5.72 Å². The highest BCUT2D eigenvalue weighted by Crippen LogP contribution is 2.37. The Morgan fingerprint density at radius 2 is 1.67 bits per heavy atom. The third-order valence-corrected chi connectivity index (χ3v) is 2.44. The molecular weight excluding hydrogens is 236 g/mol. The zero-order valence-corrected chi connectivity index (χ0v) is 9.01.